The molecule has 1 aromatic carbocycles. The molecule has 0 spiro atoms. The van der Waals surface area contributed by atoms with Crippen LogP contribution in [0.15, 0.2) is 18.2 Å². The van der Waals surface area contributed by atoms with Crippen LogP contribution in [0.25, 0.3) is 0 Å². The van der Waals surface area contributed by atoms with Crippen molar-refractivity contribution in [1.29, 1.82) is 0 Å². The van der Waals surface area contributed by atoms with Crippen LogP contribution in [0.1, 0.15) is 24.4 Å². The van der Waals surface area contributed by atoms with Gasteiger partial charge >= 0.3 is 0 Å². The Morgan fingerprint density at radius 1 is 1.44 bits per heavy atom. The van der Waals surface area contributed by atoms with E-state index in [1.807, 2.05) is 0 Å². The number of benzene rings is 1. The van der Waals surface area contributed by atoms with Gasteiger partial charge < -0.3 is 10.5 Å². The Morgan fingerprint density at radius 3 is 2.94 bits per heavy atom. The molecule has 1 aliphatic heterocycles. The van der Waals surface area contributed by atoms with E-state index in [9.17, 15) is 8.78 Å². The molecule has 0 aliphatic carbocycles. The summed E-state index contributed by atoms with van der Waals surface area (Å²) in [5.74, 6) is -1.30. The molecule has 2 atom stereocenters. The van der Waals surface area contributed by atoms with Crippen LogP contribution in [-0.4, -0.2) is 13.2 Å². The van der Waals surface area contributed by atoms with Gasteiger partial charge in [-0.2, -0.15) is 0 Å². The van der Waals surface area contributed by atoms with Crippen LogP contribution in [0, 0.1) is 17.6 Å². The highest BCUT2D eigenvalue weighted by atomic mass is 19.2. The Balaban J connectivity index is 2.07. The summed E-state index contributed by atoms with van der Waals surface area (Å²) in [4.78, 5) is 0. The molecule has 2 unspecified atom stereocenters. The minimum absolute atomic E-state index is 0.256. The standard InChI is InChI=1S/C12H15F2NO/c13-10-3-1-2-9(12(10)14)11(15)6-8-4-5-16-7-8/h1-3,8,11H,4-7,15H2. The van der Waals surface area contributed by atoms with Gasteiger partial charge in [0.15, 0.2) is 11.6 Å². The lowest BCUT2D eigenvalue weighted by molar-refractivity contribution is 0.182. The second kappa shape index (κ2) is 4.89. The lowest BCUT2D eigenvalue weighted by atomic mass is 9.94. The van der Waals surface area contributed by atoms with Gasteiger partial charge in [0, 0.05) is 24.8 Å². The van der Waals surface area contributed by atoms with Crippen molar-refractivity contribution in [1.82, 2.24) is 0 Å². The molecular weight excluding hydrogens is 212 g/mol. The van der Waals surface area contributed by atoms with Crippen molar-refractivity contribution < 1.29 is 13.5 Å². The van der Waals surface area contributed by atoms with Gasteiger partial charge in [0.2, 0.25) is 0 Å². The summed E-state index contributed by atoms with van der Waals surface area (Å²) < 4.78 is 31.7. The van der Waals surface area contributed by atoms with Crippen LogP contribution in [0.5, 0.6) is 0 Å². The topological polar surface area (TPSA) is 35.2 Å². The summed E-state index contributed by atoms with van der Waals surface area (Å²) in [5.41, 5.74) is 6.14. The highest BCUT2D eigenvalue weighted by Crippen LogP contribution is 2.26. The lowest BCUT2D eigenvalue weighted by Gasteiger charge is -2.16. The maximum absolute atomic E-state index is 13.4. The predicted octanol–water partition coefficient (Wildman–Crippen LogP) is 2.39. The molecule has 1 saturated heterocycles. The van der Waals surface area contributed by atoms with Gasteiger partial charge in [-0.3, -0.25) is 0 Å². The van der Waals surface area contributed by atoms with Gasteiger partial charge in [-0.05, 0) is 24.8 Å². The van der Waals surface area contributed by atoms with E-state index in [0.29, 0.717) is 18.9 Å². The first-order valence-electron chi connectivity index (χ1n) is 5.45. The first-order chi connectivity index (χ1) is 7.68. The monoisotopic (exact) mass is 227 g/mol. The van der Waals surface area contributed by atoms with Crippen molar-refractivity contribution in [3.63, 3.8) is 0 Å². The summed E-state index contributed by atoms with van der Waals surface area (Å²) in [6.45, 7) is 1.41. The first kappa shape index (κ1) is 11.5. The minimum atomic E-state index is -0.837. The van der Waals surface area contributed by atoms with E-state index < -0.39 is 17.7 Å². The second-order valence-corrected chi connectivity index (χ2v) is 4.21. The number of hydrogen-bond donors (Lipinski definition) is 1. The Labute approximate surface area is 93.4 Å². The van der Waals surface area contributed by atoms with Crippen LogP contribution in [0.3, 0.4) is 0 Å². The molecule has 4 heteroatoms. The van der Waals surface area contributed by atoms with Gasteiger partial charge in [0.05, 0.1) is 0 Å². The van der Waals surface area contributed by atoms with E-state index in [-0.39, 0.29) is 5.56 Å². The maximum atomic E-state index is 13.4. The van der Waals surface area contributed by atoms with Crippen molar-refractivity contribution in [2.75, 3.05) is 13.2 Å². The summed E-state index contributed by atoms with van der Waals surface area (Å²) in [6.07, 6.45) is 1.59. The molecule has 88 valence electrons. The Bertz CT molecular complexity index is 364. The Kier molecular flexibility index (Phi) is 3.51. The molecule has 2 rings (SSSR count). The molecule has 0 saturated carbocycles. The average Bonchev–Trinajstić information content (AvgIpc) is 2.74. The number of ether oxygens (including phenoxy) is 1. The van der Waals surface area contributed by atoms with Gasteiger partial charge in [-0.15, -0.1) is 0 Å². The van der Waals surface area contributed by atoms with Gasteiger partial charge in [-0.25, -0.2) is 8.78 Å². The zero-order valence-electron chi connectivity index (χ0n) is 8.96. The van der Waals surface area contributed by atoms with Gasteiger partial charge in [0.25, 0.3) is 0 Å². The Hall–Kier alpha value is -1.00. The van der Waals surface area contributed by atoms with Crippen LogP contribution in [0.2, 0.25) is 0 Å². The van der Waals surface area contributed by atoms with Crippen LogP contribution >= 0.6 is 0 Å². The molecule has 1 aromatic rings. The highest BCUT2D eigenvalue weighted by Gasteiger charge is 2.22. The summed E-state index contributed by atoms with van der Waals surface area (Å²) in [5, 5.41) is 0. The van der Waals surface area contributed by atoms with E-state index in [4.69, 9.17) is 10.5 Å². The van der Waals surface area contributed by atoms with E-state index in [1.165, 1.54) is 6.07 Å². The highest BCUT2D eigenvalue weighted by molar-refractivity contribution is 5.22. The van der Waals surface area contributed by atoms with Gasteiger partial charge in [-0.1, -0.05) is 12.1 Å². The number of halogens is 2. The third kappa shape index (κ3) is 2.39. The number of nitrogens with two attached hydrogens (primary N) is 1. The summed E-state index contributed by atoms with van der Waals surface area (Å²) >= 11 is 0. The zero-order chi connectivity index (χ0) is 11.5. The predicted molar refractivity (Wildman–Crippen MR) is 56.8 cm³/mol. The zero-order valence-corrected chi connectivity index (χ0v) is 8.96. The van der Waals surface area contributed by atoms with Crippen molar-refractivity contribution in [2.45, 2.75) is 18.9 Å². The smallest absolute Gasteiger partial charge is 0.163 e. The fourth-order valence-electron chi connectivity index (χ4n) is 2.06. The van der Waals surface area contributed by atoms with E-state index in [1.54, 1.807) is 6.07 Å². The summed E-state index contributed by atoms with van der Waals surface area (Å²) in [6, 6.07) is 3.67. The molecule has 0 amide bonds. The first-order valence-corrected chi connectivity index (χ1v) is 5.45. The van der Waals surface area contributed by atoms with Crippen molar-refractivity contribution >= 4 is 0 Å². The molecule has 2 N–H and O–H groups in total. The van der Waals surface area contributed by atoms with Crippen LogP contribution < -0.4 is 5.73 Å². The largest absolute Gasteiger partial charge is 0.381 e. The molecule has 1 aliphatic rings. The third-order valence-corrected chi connectivity index (χ3v) is 2.99. The molecule has 1 heterocycles. The fourth-order valence-corrected chi connectivity index (χ4v) is 2.06. The third-order valence-electron chi connectivity index (χ3n) is 2.99. The molecule has 2 nitrogen and oxygen atoms in total. The fraction of sp³-hybridized carbons (Fsp3) is 0.500. The van der Waals surface area contributed by atoms with E-state index >= 15 is 0 Å². The van der Waals surface area contributed by atoms with Crippen molar-refractivity contribution in [3.8, 4) is 0 Å². The molecule has 0 bridgehead atoms. The molecule has 0 radical (unpaired) electrons. The minimum Gasteiger partial charge on any atom is -0.381 e. The SMILES string of the molecule is NC(CC1CCOC1)c1cccc(F)c1F. The number of hydrogen-bond acceptors (Lipinski definition) is 2. The number of rotatable bonds is 3. The van der Waals surface area contributed by atoms with Crippen LogP contribution in [-0.2, 0) is 4.74 Å². The molecule has 1 fully saturated rings. The second-order valence-electron chi connectivity index (χ2n) is 4.21. The lowest BCUT2D eigenvalue weighted by Crippen LogP contribution is -2.17. The molecular formula is C12H15F2NO. The molecule has 0 aromatic heterocycles. The van der Waals surface area contributed by atoms with E-state index in [2.05, 4.69) is 0 Å². The van der Waals surface area contributed by atoms with Crippen LogP contribution in [0.4, 0.5) is 8.78 Å². The van der Waals surface area contributed by atoms with E-state index in [0.717, 1.165) is 19.1 Å². The average molecular weight is 227 g/mol. The normalized spacial score (nSPS) is 22.3. The Morgan fingerprint density at radius 2 is 2.25 bits per heavy atom. The summed E-state index contributed by atoms with van der Waals surface area (Å²) in [7, 11) is 0. The van der Waals surface area contributed by atoms with Crippen molar-refractivity contribution in [2.24, 2.45) is 11.7 Å². The van der Waals surface area contributed by atoms with Gasteiger partial charge in [0.1, 0.15) is 0 Å². The maximum Gasteiger partial charge on any atom is 0.163 e. The molecule has 16 heavy (non-hydrogen) atoms. The quantitative estimate of drug-likeness (QED) is 0.860. The van der Waals surface area contributed by atoms with Crippen molar-refractivity contribution in [3.05, 3.63) is 35.4 Å².